The summed E-state index contributed by atoms with van der Waals surface area (Å²) in [7, 11) is 2.34. The van der Waals surface area contributed by atoms with Crippen molar-refractivity contribution in [1.82, 2.24) is 4.98 Å². The van der Waals surface area contributed by atoms with Crippen molar-refractivity contribution in [3.05, 3.63) is 40.5 Å². The van der Waals surface area contributed by atoms with Gasteiger partial charge in [-0.1, -0.05) is 11.2 Å². The number of methoxy groups -OCH3 is 2. The largest absolute Gasteiger partial charge is 0.468 e. The van der Waals surface area contributed by atoms with Gasteiger partial charge in [0, 0.05) is 17.3 Å². The van der Waals surface area contributed by atoms with Crippen molar-refractivity contribution < 1.29 is 19.1 Å². The topological polar surface area (TPSA) is 114 Å². The Morgan fingerprint density at radius 3 is 2.50 bits per heavy atom. The number of nitrogens with zero attached hydrogens (tertiary/aromatic N) is 4. The molecule has 1 aromatic rings. The molecule has 1 atom stereocenters. The number of carbonyl (C=O) groups is 2. The van der Waals surface area contributed by atoms with E-state index in [0.717, 1.165) is 0 Å². The van der Waals surface area contributed by atoms with Gasteiger partial charge in [-0.15, -0.1) is 0 Å². The zero-order chi connectivity index (χ0) is 15.0. The lowest BCUT2D eigenvalue weighted by molar-refractivity contribution is -0.159. The molecule has 20 heavy (non-hydrogen) atoms. The first kappa shape index (κ1) is 15.5. The van der Waals surface area contributed by atoms with E-state index in [2.05, 4.69) is 24.5 Å². The van der Waals surface area contributed by atoms with Crippen LogP contribution < -0.4 is 0 Å². The number of rotatable bonds is 6. The molecule has 0 fully saturated rings. The molecule has 8 heteroatoms. The molecule has 0 radical (unpaired) electrons. The third-order valence-electron chi connectivity index (χ3n) is 2.69. The average Bonchev–Trinajstić information content (AvgIpc) is 2.50. The van der Waals surface area contributed by atoms with Crippen LogP contribution in [0, 0.1) is 5.92 Å². The molecule has 1 rings (SSSR count). The highest BCUT2D eigenvalue weighted by Crippen LogP contribution is 2.26. The summed E-state index contributed by atoms with van der Waals surface area (Å²) in [4.78, 5) is 29.9. The number of pyridine rings is 1. The molecule has 0 aliphatic rings. The molecular formula is C12H14N4O4. The lowest BCUT2D eigenvalue weighted by Gasteiger charge is -2.16. The van der Waals surface area contributed by atoms with E-state index in [-0.39, 0.29) is 6.42 Å². The van der Waals surface area contributed by atoms with Crippen LogP contribution in [0.4, 0.5) is 0 Å². The molecule has 0 saturated carbocycles. The summed E-state index contributed by atoms with van der Waals surface area (Å²) < 4.78 is 9.12. The Labute approximate surface area is 115 Å². The molecule has 0 aromatic carbocycles. The number of azide groups is 1. The Morgan fingerprint density at radius 2 is 2.05 bits per heavy atom. The zero-order valence-corrected chi connectivity index (χ0v) is 11.1. The highest BCUT2D eigenvalue weighted by molar-refractivity contribution is 5.94. The van der Waals surface area contributed by atoms with Gasteiger partial charge in [0.25, 0.3) is 0 Å². The Bertz CT molecular complexity index is 497. The molecule has 1 heterocycles. The maximum Gasteiger partial charge on any atom is 0.320 e. The Hall–Kier alpha value is -2.60. The minimum Gasteiger partial charge on any atom is -0.468 e. The molecule has 0 saturated heterocycles. The molecular weight excluding hydrogens is 264 g/mol. The smallest absolute Gasteiger partial charge is 0.320 e. The van der Waals surface area contributed by atoms with Gasteiger partial charge >= 0.3 is 11.9 Å². The van der Waals surface area contributed by atoms with Crippen LogP contribution in [0.3, 0.4) is 0 Å². The second kappa shape index (κ2) is 7.75. The van der Waals surface area contributed by atoms with Gasteiger partial charge < -0.3 is 9.47 Å². The average molecular weight is 278 g/mol. The van der Waals surface area contributed by atoms with Gasteiger partial charge in [0.05, 0.1) is 20.3 Å². The molecule has 8 nitrogen and oxygen atoms in total. The number of aromatic nitrogens is 1. The van der Waals surface area contributed by atoms with E-state index in [1.165, 1.54) is 20.4 Å². The molecule has 0 aliphatic carbocycles. The van der Waals surface area contributed by atoms with E-state index in [1.807, 2.05) is 0 Å². The van der Waals surface area contributed by atoms with Gasteiger partial charge in [-0.05, 0) is 23.6 Å². The van der Waals surface area contributed by atoms with Crippen LogP contribution in [-0.4, -0.2) is 31.1 Å². The van der Waals surface area contributed by atoms with Crippen molar-refractivity contribution in [3.8, 4) is 0 Å². The predicted octanol–water partition coefficient (Wildman–Crippen LogP) is 1.79. The van der Waals surface area contributed by atoms with Crippen molar-refractivity contribution in [1.29, 1.82) is 0 Å². The van der Waals surface area contributed by atoms with E-state index >= 15 is 0 Å². The van der Waals surface area contributed by atoms with Crippen molar-refractivity contribution in [2.45, 2.75) is 12.5 Å². The number of carbonyl (C=O) groups excluding carboxylic acids is 2. The van der Waals surface area contributed by atoms with Crippen molar-refractivity contribution >= 4 is 11.9 Å². The highest BCUT2D eigenvalue weighted by atomic mass is 16.5. The van der Waals surface area contributed by atoms with Crippen molar-refractivity contribution in [3.63, 3.8) is 0 Å². The number of ether oxygens (including phenoxy) is 2. The summed E-state index contributed by atoms with van der Waals surface area (Å²) in [5.74, 6) is -2.63. The fourth-order valence-corrected chi connectivity index (χ4v) is 1.68. The summed E-state index contributed by atoms with van der Waals surface area (Å²) in [5.41, 5.74) is 9.21. The number of esters is 2. The zero-order valence-electron chi connectivity index (χ0n) is 11.1. The highest BCUT2D eigenvalue weighted by Gasteiger charge is 2.31. The van der Waals surface area contributed by atoms with E-state index in [0.29, 0.717) is 5.56 Å². The van der Waals surface area contributed by atoms with E-state index in [9.17, 15) is 9.59 Å². The third kappa shape index (κ3) is 3.96. The molecule has 0 aliphatic heterocycles. The first-order chi connectivity index (χ1) is 9.63. The van der Waals surface area contributed by atoms with Gasteiger partial charge in [0.2, 0.25) is 0 Å². The van der Waals surface area contributed by atoms with Gasteiger partial charge in [-0.3, -0.25) is 14.6 Å². The van der Waals surface area contributed by atoms with Crippen LogP contribution in [-0.2, 0) is 19.1 Å². The van der Waals surface area contributed by atoms with Crippen molar-refractivity contribution in [2.75, 3.05) is 14.2 Å². The minimum atomic E-state index is -1.15. The quantitative estimate of drug-likeness (QED) is 0.258. The maximum absolute atomic E-state index is 11.6. The molecule has 0 amide bonds. The lowest BCUT2D eigenvalue weighted by Crippen LogP contribution is -2.28. The summed E-state index contributed by atoms with van der Waals surface area (Å²) >= 11 is 0. The maximum atomic E-state index is 11.6. The third-order valence-corrected chi connectivity index (χ3v) is 2.69. The van der Waals surface area contributed by atoms with Crippen molar-refractivity contribution in [2.24, 2.45) is 11.0 Å². The van der Waals surface area contributed by atoms with Crippen LogP contribution in [0.15, 0.2) is 29.6 Å². The number of hydrogen-bond donors (Lipinski definition) is 0. The Kier molecular flexibility index (Phi) is 5.99. The first-order valence-corrected chi connectivity index (χ1v) is 5.73. The van der Waals surface area contributed by atoms with Crippen LogP contribution in [0.25, 0.3) is 10.4 Å². The van der Waals surface area contributed by atoms with Gasteiger partial charge in [-0.2, -0.15) is 0 Å². The molecule has 1 aromatic heterocycles. The monoisotopic (exact) mass is 278 g/mol. The first-order valence-electron chi connectivity index (χ1n) is 5.73. The summed E-state index contributed by atoms with van der Waals surface area (Å²) in [6.07, 6.45) is 3.02. The Morgan fingerprint density at radius 1 is 1.40 bits per heavy atom. The van der Waals surface area contributed by atoms with Crippen LogP contribution in [0.5, 0.6) is 0 Å². The molecule has 0 spiro atoms. The molecule has 0 N–H and O–H groups in total. The molecule has 106 valence electrons. The SMILES string of the molecule is COC(=O)C(C[C@H](N=[N+]=[N-])c1cccnc1)C(=O)OC. The predicted molar refractivity (Wildman–Crippen MR) is 68.3 cm³/mol. The van der Waals surface area contributed by atoms with E-state index in [4.69, 9.17) is 5.53 Å². The fraction of sp³-hybridized carbons (Fsp3) is 0.417. The van der Waals surface area contributed by atoms with Gasteiger partial charge in [-0.25, -0.2) is 0 Å². The Balaban J connectivity index is 3.00. The van der Waals surface area contributed by atoms with E-state index in [1.54, 1.807) is 18.3 Å². The summed E-state index contributed by atoms with van der Waals surface area (Å²) in [6, 6.07) is 2.65. The second-order valence-corrected chi connectivity index (χ2v) is 3.84. The normalized spacial score (nSPS) is 11.3. The number of hydrogen-bond acceptors (Lipinski definition) is 6. The summed E-state index contributed by atoms with van der Waals surface area (Å²) in [5, 5.41) is 3.59. The van der Waals surface area contributed by atoms with Crippen LogP contribution in [0.1, 0.15) is 18.0 Å². The van der Waals surface area contributed by atoms with Crippen LogP contribution >= 0.6 is 0 Å². The van der Waals surface area contributed by atoms with Gasteiger partial charge in [0.1, 0.15) is 0 Å². The van der Waals surface area contributed by atoms with Gasteiger partial charge in [0.15, 0.2) is 5.92 Å². The fourth-order valence-electron chi connectivity index (χ4n) is 1.68. The lowest BCUT2D eigenvalue weighted by atomic mass is 9.96. The van der Waals surface area contributed by atoms with E-state index < -0.39 is 23.9 Å². The van der Waals surface area contributed by atoms with Crippen LogP contribution in [0.2, 0.25) is 0 Å². The molecule has 0 bridgehead atoms. The second-order valence-electron chi connectivity index (χ2n) is 3.84. The standard InChI is InChI=1S/C12H14N4O4/c1-19-11(17)9(12(18)20-2)6-10(15-16-13)8-4-3-5-14-7-8/h3-5,7,9-10H,6H2,1-2H3/t10-/m0/s1. The molecule has 0 unspecified atom stereocenters. The summed E-state index contributed by atoms with van der Waals surface area (Å²) in [6.45, 7) is 0. The minimum absolute atomic E-state index is 0.0465.